The minimum absolute atomic E-state index is 0.278. The quantitative estimate of drug-likeness (QED) is 0.536. The number of hydrogen-bond donors (Lipinski definition) is 1. The second-order valence-corrected chi connectivity index (χ2v) is 5.96. The van der Waals surface area contributed by atoms with Crippen molar-refractivity contribution in [1.82, 2.24) is 4.98 Å². The zero-order chi connectivity index (χ0) is 17.8. The maximum absolute atomic E-state index is 12.2. The first-order valence-corrected chi connectivity index (χ1v) is 8.06. The lowest BCUT2D eigenvalue weighted by Crippen LogP contribution is -2.19. The van der Waals surface area contributed by atoms with E-state index in [0.717, 1.165) is 16.5 Å². The van der Waals surface area contributed by atoms with E-state index in [9.17, 15) is 9.59 Å². The number of fused-ring (bicyclic) bond motifs is 1. The van der Waals surface area contributed by atoms with Crippen LogP contribution in [0.15, 0.2) is 48.7 Å². The van der Waals surface area contributed by atoms with Gasteiger partial charge in [0.1, 0.15) is 5.75 Å². The van der Waals surface area contributed by atoms with E-state index in [0.29, 0.717) is 16.3 Å². The predicted molar refractivity (Wildman–Crippen MR) is 95.3 cm³/mol. The molecular formula is C19H16ClNO4. The fraction of sp³-hybridized carbons (Fsp3) is 0.158. The van der Waals surface area contributed by atoms with E-state index in [1.54, 1.807) is 18.3 Å². The Labute approximate surface area is 149 Å². The zero-order valence-electron chi connectivity index (χ0n) is 13.5. The summed E-state index contributed by atoms with van der Waals surface area (Å²) in [5, 5.41) is 1.21. The summed E-state index contributed by atoms with van der Waals surface area (Å²) >= 11 is 6.00. The van der Waals surface area contributed by atoms with E-state index in [1.165, 1.54) is 0 Å². The van der Waals surface area contributed by atoms with E-state index in [-0.39, 0.29) is 19.0 Å². The van der Waals surface area contributed by atoms with E-state index in [2.05, 4.69) is 4.98 Å². The fourth-order valence-electron chi connectivity index (χ4n) is 2.43. The van der Waals surface area contributed by atoms with Crippen molar-refractivity contribution in [3.63, 3.8) is 0 Å². The van der Waals surface area contributed by atoms with Gasteiger partial charge in [0.15, 0.2) is 13.2 Å². The number of hydrogen-bond acceptors (Lipinski definition) is 4. The third kappa shape index (κ3) is 4.00. The van der Waals surface area contributed by atoms with Gasteiger partial charge in [-0.25, -0.2) is 4.79 Å². The van der Waals surface area contributed by atoms with Crippen LogP contribution in [-0.4, -0.2) is 30.0 Å². The van der Waals surface area contributed by atoms with Crippen LogP contribution in [0.1, 0.15) is 15.9 Å². The van der Waals surface area contributed by atoms with Gasteiger partial charge in [-0.05, 0) is 30.7 Å². The summed E-state index contributed by atoms with van der Waals surface area (Å²) in [6, 6.07) is 12.7. The molecular weight excluding hydrogens is 342 g/mol. The number of carbonyl (C=O) groups excluding carboxylic acids is 2. The molecule has 0 unspecified atom stereocenters. The third-order valence-electron chi connectivity index (χ3n) is 3.69. The Kier molecular flexibility index (Phi) is 5.05. The van der Waals surface area contributed by atoms with Crippen LogP contribution in [0, 0.1) is 6.92 Å². The molecule has 25 heavy (non-hydrogen) atoms. The van der Waals surface area contributed by atoms with Crippen LogP contribution in [0.25, 0.3) is 10.9 Å². The fourth-order valence-corrected chi connectivity index (χ4v) is 2.60. The SMILES string of the molecule is Cc1ccc(Cl)c(OCC(=O)OCC(=O)c2c[nH]c3ccccc23)c1. The molecule has 3 aromatic rings. The number of halogens is 1. The van der Waals surface area contributed by atoms with E-state index in [4.69, 9.17) is 21.1 Å². The summed E-state index contributed by atoms with van der Waals surface area (Å²) in [5.74, 6) is -0.508. The third-order valence-corrected chi connectivity index (χ3v) is 4.00. The predicted octanol–water partition coefficient (Wildman–Crippen LogP) is 3.93. The molecule has 0 spiro atoms. The maximum Gasteiger partial charge on any atom is 0.344 e. The van der Waals surface area contributed by atoms with Gasteiger partial charge < -0.3 is 14.5 Å². The molecule has 0 fully saturated rings. The number of ether oxygens (including phenoxy) is 2. The Morgan fingerprint density at radius 2 is 1.92 bits per heavy atom. The number of H-pyrrole nitrogens is 1. The molecule has 0 aliphatic carbocycles. The molecule has 5 nitrogen and oxygen atoms in total. The van der Waals surface area contributed by atoms with Crippen molar-refractivity contribution in [1.29, 1.82) is 0 Å². The highest BCUT2D eigenvalue weighted by molar-refractivity contribution is 6.32. The smallest absolute Gasteiger partial charge is 0.344 e. The minimum atomic E-state index is -0.634. The molecule has 1 heterocycles. The van der Waals surface area contributed by atoms with Gasteiger partial charge in [0.2, 0.25) is 5.78 Å². The van der Waals surface area contributed by atoms with Crippen molar-refractivity contribution < 1.29 is 19.1 Å². The first kappa shape index (κ1) is 17.0. The Morgan fingerprint density at radius 3 is 2.76 bits per heavy atom. The number of ketones is 1. The minimum Gasteiger partial charge on any atom is -0.480 e. The van der Waals surface area contributed by atoms with Crippen LogP contribution in [0.4, 0.5) is 0 Å². The van der Waals surface area contributed by atoms with Gasteiger partial charge in [-0.15, -0.1) is 0 Å². The number of rotatable bonds is 6. The van der Waals surface area contributed by atoms with Crippen molar-refractivity contribution in [3.05, 3.63) is 64.8 Å². The van der Waals surface area contributed by atoms with Crippen molar-refractivity contribution in [3.8, 4) is 5.75 Å². The number of carbonyl (C=O) groups is 2. The summed E-state index contributed by atoms with van der Waals surface area (Å²) in [6.45, 7) is 1.23. The van der Waals surface area contributed by atoms with Gasteiger partial charge in [0, 0.05) is 22.7 Å². The van der Waals surface area contributed by atoms with Gasteiger partial charge in [-0.2, -0.15) is 0 Å². The van der Waals surface area contributed by atoms with E-state index in [1.807, 2.05) is 37.3 Å². The van der Waals surface area contributed by atoms with Gasteiger partial charge >= 0.3 is 5.97 Å². The molecule has 0 atom stereocenters. The molecule has 0 saturated heterocycles. The van der Waals surface area contributed by atoms with Gasteiger partial charge in [-0.1, -0.05) is 35.9 Å². The highest BCUT2D eigenvalue weighted by Crippen LogP contribution is 2.25. The lowest BCUT2D eigenvalue weighted by molar-refractivity contribution is -0.144. The molecule has 0 radical (unpaired) electrons. The van der Waals surface area contributed by atoms with Crippen LogP contribution in [0.3, 0.4) is 0 Å². The summed E-state index contributed by atoms with van der Waals surface area (Å²) < 4.78 is 10.3. The number of para-hydroxylation sites is 1. The summed E-state index contributed by atoms with van der Waals surface area (Å²) in [7, 11) is 0. The van der Waals surface area contributed by atoms with Crippen LogP contribution >= 0.6 is 11.6 Å². The highest BCUT2D eigenvalue weighted by Gasteiger charge is 2.15. The second-order valence-electron chi connectivity index (χ2n) is 5.55. The lowest BCUT2D eigenvalue weighted by atomic mass is 10.1. The molecule has 1 N–H and O–H groups in total. The molecule has 0 saturated carbocycles. The summed E-state index contributed by atoms with van der Waals surface area (Å²) in [4.78, 5) is 27.1. The van der Waals surface area contributed by atoms with Gasteiger partial charge in [0.25, 0.3) is 0 Å². The summed E-state index contributed by atoms with van der Waals surface area (Å²) in [6.07, 6.45) is 1.61. The molecule has 3 rings (SSSR count). The Balaban J connectivity index is 1.55. The summed E-state index contributed by atoms with van der Waals surface area (Å²) in [5.41, 5.74) is 2.31. The second kappa shape index (κ2) is 7.40. The van der Waals surface area contributed by atoms with Gasteiger partial charge in [-0.3, -0.25) is 4.79 Å². The molecule has 0 aliphatic heterocycles. The van der Waals surface area contributed by atoms with Crippen molar-refractivity contribution >= 4 is 34.3 Å². The average molecular weight is 358 g/mol. The van der Waals surface area contributed by atoms with Crippen LogP contribution in [0.5, 0.6) is 5.75 Å². The lowest BCUT2D eigenvalue weighted by Gasteiger charge is -2.08. The van der Waals surface area contributed by atoms with Crippen molar-refractivity contribution in [2.24, 2.45) is 0 Å². The number of esters is 1. The average Bonchev–Trinajstić information content (AvgIpc) is 3.04. The Morgan fingerprint density at radius 1 is 1.12 bits per heavy atom. The number of benzene rings is 2. The van der Waals surface area contributed by atoms with Crippen molar-refractivity contribution in [2.45, 2.75) is 6.92 Å². The van der Waals surface area contributed by atoms with Gasteiger partial charge in [0.05, 0.1) is 5.02 Å². The molecule has 0 bridgehead atoms. The monoisotopic (exact) mass is 357 g/mol. The number of aromatic amines is 1. The highest BCUT2D eigenvalue weighted by atomic mass is 35.5. The maximum atomic E-state index is 12.2. The standard InChI is InChI=1S/C19H16ClNO4/c1-12-6-7-15(20)18(8-12)24-11-19(23)25-10-17(22)14-9-21-16-5-3-2-4-13(14)16/h2-9,21H,10-11H2,1H3. The van der Waals surface area contributed by atoms with Crippen LogP contribution in [-0.2, 0) is 9.53 Å². The normalized spacial score (nSPS) is 10.6. The Hall–Kier alpha value is -2.79. The van der Waals surface area contributed by atoms with Crippen molar-refractivity contribution in [2.75, 3.05) is 13.2 Å². The number of aromatic nitrogens is 1. The number of nitrogens with one attached hydrogen (secondary N) is 1. The molecule has 128 valence electrons. The zero-order valence-corrected chi connectivity index (χ0v) is 14.3. The number of aryl methyl sites for hydroxylation is 1. The largest absolute Gasteiger partial charge is 0.480 e. The molecule has 1 aromatic heterocycles. The van der Waals surface area contributed by atoms with Crippen LogP contribution in [0.2, 0.25) is 5.02 Å². The molecule has 6 heteroatoms. The first-order chi connectivity index (χ1) is 12.0. The molecule has 0 amide bonds. The number of Topliss-reactive ketones (excluding diaryl/α,β-unsaturated/α-hetero) is 1. The van der Waals surface area contributed by atoms with Crippen LogP contribution < -0.4 is 4.74 Å². The molecule has 2 aromatic carbocycles. The van der Waals surface area contributed by atoms with E-state index >= 15 is 0 Å². The van der Waals surface area contributed by atoms with E-state index < -0.39 is 5.97 Å². The first-order valence-electron chi connectivity index (χ1n) is 7.68. The topological polar surface area (TPSA) is 68.4 Å². The Bertz CT molecular complexity index is 932. The molecule has 0 aliphatic rings.